The summed E-state index contributed by atoms with van der Waals surface area (Å²) < 4.78 is 15.6. The smallest absolute Gasteiger partial charge is 0.269 e. The topological polar surface area (TPSA) is 127 Å². The summed E-state index contributed by atoms with van der Waals surface area (Å²) in [6.07, 6.45) is 1.63. The third kappa shape index (κ3) is 6.44. The lowest BCUT2D eigenvalue weighted by Crippen LogP contribution is -2.43. The summed E-state index contributed by atoms with van der Waals surface area (Å²) in [5.74, 6) is -2.25. The minimum absolute atomic E-state index is 0.0129. The Morgan fingerprint density at radius 2 is 1.80 bits per heavy atom. The lowest BCUT2D eigenvalue weighted by Gasteiger charge is -2.22. The van der Waals surface area contributed by atoms with E-state index < -0.39 is 17.6 Å². The molecule has 4 aromatic rings. The molecule has 3 aromatic carbocycles. The standard InChI is InChI=1S/C30H27ClFN5O4/c31-23-8-4-7-20(28(23)32)15-34-26(39)16-36(21-10-11-21)27(40)17-37-24-12-9-18(13-22(24)29(35-37)30(33)41)14-25(38)19-5-2-1-3-6-19/h1-9,12-13,21H,10-11,14-17H2,(H2,33,41)(H,34,39). The first-order valence-electron chi connectivity index (χ1n) is 13.1. The van der Waals surface area contributed by atoms with Gasteiger partial charge in [-0.1, -0.05) is 60.1 Å². The van der Waals surface area contributed by atoms with E-state index in [1.807, 2.05) is 6.07 Å². The quantitative estimate of drug-likeness (QED) is 0.264. The van der Waals surface area contributed by atoms with E-state index in [4.69, 9.17) is 17.3 Å². The number of fused-ring (bicyclic) bond motifs is 1. The minimum atomic E-state index is -0.764. The number of carbonyl (C=O) groups is 4. The van der Waals surface area contributed by atoms with E-state index in [0.717, 1.165) is 12.8 Å². The number of halogens is 2. The van der Waals surface area contributed by atoms with Crippen molar-refractivity contribution in [2.75, 3.05) is 6.54 Å². The Labute approximate surface area is 240 Å². The molecule has 0 bridgehead atoms. The Balaban J connectivity index is 1.30. The number of amides is 3. The van der Waals surface area contributed by atoms with Gasteiger partial charge in [-0.25, -0.2) is 4.39 Å². The average molecular weight is 576 g/mol. The summed E-state index contributed by atoms with van der Waals surface area (Å²) in [7, 11) is 0. The van der Waals surface area contributed by atoms with E-state index in [2.05, 4.69) is 10.4 Å². The summed E-state index contributed by atoms with van der Waals surface area (Å²) in [5, 5.41) is 7.33. The minimum Gasteiger partial charge on any atom is -0.364 e. The van der Waals surface area contributed by atoms with E-state index >= 15 is 0 Å². The monoisotopic (exact) mass is 575 g/mol. The highest BCUT2D eigenvalue weighted by Gasteiger charge is 2.34. The molecule has 41 heavy (non-hydrogen) atoms. The van der Waals surface area contributed by atoms with Crippen LogP contribution in [0.25, 0.3) is 10.9 Å². The van der Waals surface area contributed by atoms with Crippen molar-refractivity contribution in [2.24, 2.45) is 5.73 Å². The zero-order chi connectivity index (χ0) is 29.1. The highest BCUT2D eigenvalue weighted by Crippen LogP contribution is 2.28. The predicted octanol–water partition coefficient (Wildman–Crippen LogP) is 3.66. The van der Waals surface area contributed by atoms with Gasteiger partial charge in [0.05, 0.1) is 17.1 Å². The largest absolute Gasteiger partial charge is 0.364 e. The van der Waals surface area contributed by atoms with Crippen LogP contribution in [-0.4, -0.2) is 50.8 Å². The van der Waals surface area contributed by atoms with Crippen molar-refractivity contribution in [3.8, 4) is 0 Å². The molecule has 1 saturated carbocycles. The molecule has 3 amide bonds. The molecule has 1 aromatic heterocycles. The van der Waals surface area contributed by atoms with Crippen LogP contribution < -0.4 is 11.1 Å². The van der Waals surface area contributed by atoms with Gasteiger partial charge in [0.15, 0.2) is 11.5 Å². The number of primary amides is 1. The summed E-state index contributed by atoms with van der Waals surface area (Å²) in [5.41, 5.74) is 7.56. The fourth-order valence-corrected chi connectivity index (χ4v) is 4.86. The number of benzene rings is 3. The molecule has 1 aliphatic rings. The van der Waals surface area contributed by atoms with Crippen LogP contribution in [-0.2, 0) is 29.1 Å². The average Bonchev–Trinajstić information content (AvgIpc) is 3.74. The van der Waals surface area contributed by atoms with Crippen molar-refractivity contribution < 1.29 is 23.6 Å². The van der Waals surface area contributed by atoms with Gasteiger partial charge in [-0.05, 0) is 36.6 Å². The number of nitrogens with one attached hydrogen (secondary N) is 1. The molecule has 0 aliphatic heterocycles. The van der Waals surface area contributed by atoms with E-state index in [9.17, 15) is 23.6 Å². The van der Waals surface area contributed by atoms with Crippen molar-refractivity contribution in [3.05, 3.63) is 100.0 Å². The van der Waals surface area contributed by atoms with E-state index in [1.54, 1.807) is 48.5 Å². The van der Waals surface area contributed by atoms with Crippen LogP contribution in [0, 0.1) is 5.82 Å². The predicted molar refractivity (Wildman–Crippen MR) is 151 cm³/mol. The molecule has 5 rings (SSSR count). The molecule has 0 unspecified atom stereocenters. The van der Waals surface area contributed by atoms with Crippen LogP contribution in [0.1, 0.15) is 44.8 Å². The highest BCUT2D eigenvalue weighted by atomic mass is 35.5. The summed E-state index contributed by atoms with van der Waals surface area (Å²) in [4.78, 5) is 52.4. The second-order valence-corrected chi connectivity index (χ2v) is 10.3. The number of Topliss-reactive ketones (excluding diaryl/α,β-unsaturated/α-hetero) is 1. The maximum atomic E-state index is 14.2. The lowest BCUT2D eigenvalue weighted by atomic mass is 10.0. The zero-order valence-electron chi connectivity index (χ0n) is 22.0. The number of nitrogens with zero attached hydrogens (tertiary/aromatic N) is 3. The lowest BCUT2D eigenvalue weighted by molar-refractivity contribution is -0.137. The second-order valence-electron chi connectivity index (χ2n) is 9.93. The molecule has 1 aliphatic carbocycles. The van der Waals surface area contributed by atoms with Crippen LogP contribution in [0.3, 0.4) is 0 Å². The highest BCUT2D eigenvalue weighted by molar-refractivity contribution is 6.30. The molecule has 9 nitrogen and oxygen atoms in total. The SMILES string of the molecule is NC(=O)c1nn(CC(=O)N(CC(=O)NCc2cccc(Cl)c2F)C2CC2)c2ccc(CC(=O)c3ccccc3)cc12. The first-order chi connectivity index (χ1) is 19.7. The molecular weight excluding hydrogens is 549 g/mol. The number of hydrogen-bond acceptors (Lipinski definition) is 5. The van der Waals surface area contributed by atoms with Gasteiger partial charge in [-0.2, -0.15) is 5.10 Å². The third-order valence-electron chi connectivity index (χ3n) is 6.92. The van der Waals surface area contributed by atoms with Gasteiger partial charge in [0.1, 0.15) is 12.4 Å². The van der Waals surface area contributed by atoms with Crippen molar-refractivity contribution in [1.82, 2.24) is 20.0 Å². The summed E-state index contributed by atoms with van der Waals surface area (Å²) in [6.45, 7) is -0.503. The maximum Gasteiger partial charge on any atom is 0.269 e. The number of nitrogens with two attached hydrogens (primary N) is 1. The van der Waals surface area contributed by atoms with Gasteiger partial charge in [-0.15, -0.1) is 0 Å². The van der Waals surface area contributed by atoms with Gasteiger partial charge < -0.3 is 16.0 Å². The molecule has 0 atom stereocenters. The van der Waals surface area contributed by atoms with Gasteiger partial charge in [-0.3, -0.25) is 23.9 Å². The van der Waals surface area contributed by atoms with Crippen LogP contribution in [0.4, 0.5) is 4.39 Å². The number of hydrogen-bond donors (Lipinski definition) is 2. The molecular formula is C30H27ClFN5O4. The molecule has 0 saturated heterocycles. The van der Waals surface area contributed by atoms with Gasteiger partial charge in [0.25, 0.3) is 5.91 Å². The van der Waals surface area contributed by atoms with Crippen molar-refractivity contribution in [2.45, 2.75) is 38.4 Å². The van der Waals surface area contributed by atoms with E-state index in [1.165, 1.54) is 21.7 Å². The molecule has 3 N–H and O–H groups in total. The van der Waals surface area contributed by atoms with Gasteiger partial charge >= 0.3 is 0 Å². The van der Waals surface area contributed by atoms with Crippen LogP contribution in [0.5, 0.6) is 0 Å². The number of rotatable bonds is 11. The first kappa shape index (κ1) is 28.0. The fourth-order valence-electron chi connectivity index (χ4n) is 4.67. The number of carbonyl (C=O) groups excluding carboxylic acids is 4. The summed E-state index contributed by atoms with van der Waals surface area (Å²) >= 11 is 5.81. The van der Waals surface area contributed by atoms with Crippen molar-refractivity contribution in [3.63, 3.8) is 0 Å². The Kier molecular flexibility index (Phi) is 8.11. The van der Waals surface area contributed by atoms with E-state index in [-0.39, 0.29) is 60.1 Å². The van der Waals surface area contributed by atoms with Crippen LogP contribution >= 0.6 is 11.6 Å². The third-order valence-corrected chi connectivity index (χ3v) is 7.22. The Bertz CT molecular complexity index is 1650. The molecule has 210 valence electrons. The second kappa shape index (κ2) is 11.9. The first-order valence-corrected chi connectivity index (χ1v) is 13.5. The Hall–Kier alpha value is -4.57. The van der Waals surface area contributed by atoms with Crippen molar-refractivity contribution in [1.29, 1.82) is 0 Å². The Morgan fingerprint density at radius 3 is 2.51 bits per heavy atom. The van der Waals surface area contributed by atoms with Gasteiger partial charge in [0, 0.05) is 35.5 Å². The summed E-state index contributed by atoms with van der Waals surface area (Å²) in [6, 6.07) is 18.4. The van der Waals surface area contributed by atoms with Crippen LogP contribution in [0.15, 0.2) is 66.7 Å². The molecule has 11 heteroatoms. The van der Waals surface area contributed by atoms with E-state index in [0.29, 0.717) is 22.0 Å². The normalized spacial score (nSPS) is 12.7. The fraction of sp³-hybridized carbons (Fsp3) is 0.233. The molecule has 0 spiro atoms. The van der Waals surface area contributed by atoms with Gasteiger partial charge in [0.2, 0.25) is 11.8 Å². The maximum absolute atomic E-state index is 14.2. The Morgan fingerprint density at radius 1 is 1.05 bits per heavy atom. The molecule has 1 heterocycles. The zero-order valence-corrected chi connectivity index (χ0v) is 22.7. The number of ketones is 1. The van der Waals surface area contributed by atoms with Crippen LogP contribution in [0.2, 0.25) is 5.02 Å². The number of aromatic nitrogens is 2. The molecule has 0 radical (unpaired) electrons. The van der Waals surface area contributed by atoms with Crippen molar-refractivity contribution >= 4 is 46.0 Å². The molecule has 1 fully saturated rings.